The molecule has 0 spiro atoms. The molecule has 2 rings (SSSR count). The van der Waals surface area contributed by atoms with E-state index < -0.39 is 6.04 Å². The van der Waals surface area contributed by atoms with Gasteiger partial charge in [0, 0.05) is 12.5 Å². The van der Waals surface area contributed by atoms with Gasteiger partial charge in [0.25, 0.3) is 0 Å². The minimum Gasteiger partial charge on any atom is -0.494 e. The molecular weight excluding hydrogens is 310 g/mol. The van der Waals surface area contributed by atoms with Gasteiger partial charge in [0.05, 0.1) is 6.61 Å². The van der Waals surface area contributed by atoms with Crippen LogP contribution in [0.15, 0.2) is 40.9 Å². The summed E-state index contributed by atoms with van der Waals surface area (Å²) in [5, 5.41) is 8.88. The summed E-state index contributed by atoms with van der Waals surface area (Å²) in [7, 11) is 0. The number of nitrogens with one attached hydrogen (secondary N) is 2. The van der Waals surface area contributed by atoms with E-state index in [-0.39, 0.29) is 18.2 Å². The van der Waals surface area contributed by atoms with Gasteiger partial charge in [0.1, 0.15) is 17.6 Å². The Kier molecular flexibility index (Phi) is 6.36. The molecule has 7 heteroatoms. The molecule has 0 bridgehead atoms. The fourth-order valence-electron chi connectivity index (χ4n) is 1.98. The van der Waals surface area contributed by atoms with Gasteiger partial charge in [-0.05, 0) is 32.4 Å². The first-order valence-electron chi connectivity index (χ1n) is 7.76. The number of rotatable bonds is 8. The predicted octanol–water partition coefficient (Wildman–Crippen LogP) is 2.29. The van der Waals surface area contributed by atoms with Gasteiger partial charge in [-0.1, -0.05) is 23.4 Å². The Bertz CT molecular complexity index is 669. The summed E-state index contributed by atoms with van der Waals surface area (Å²) in [6.07, 6.45) is 0.852. The van der Waals surface area contributed by atoms with Crippen LogP contribution in [0.5, 0.6) is 5.75 Å². The van der Waals surface area contributed by atoms with E-state index in [1.165, 1.54) is 0 Å². The number of amides is 2. The number of para-hydroxylation sites is 1. The third-order valence-corrected chi connectivity index (χ3v) is 3.21. The van der Waals surface area contributed by atoms with Crippen molar-refractivity contribution in [2.24, 2.45) is 0 Å². The average Bonchev–Trinajstić information content (AvgIpc) is 2.97. The summed E-state index contributed by atoms with van der Waals surface area (Å²) in [5.41, 5.74) is 0. The Morgan fingerprint density at radius 1 is 1.29 bits per heavy atom. The number of benzene rings is 1. The SMILES string of the molecule is Cc1cc(NC(=O)[C@@H](C)NC(=O)CCCOc2ccccc2)no1. The maximum atomic E-state index is 11.9. The number of anilines is 1. The van der Waals surface area contributed by atoms with Crippen LogP contribution in [-0.2, 0) is 9.59 Å². The van der Waals surface area contributed by atoms with Crippen LogP contribution in [0.2, 0.25) is 0 Å². The van der Waals surface area contributed by atoms with Crippen molar-refractivity contribution in [1.82, 2.24) is 10.5 Å². The second-order valence-corrected chi connectivity index (χ2v) is 5.37. The molecular formula is C17H21N3O4. The summed E-state index contributed by atoms with van der Waals surface area (Å²) in [6, 6.07) is 10.3. The third-order valence-electron chi connectivity index (χ3n) is 3.21. The molecule has 24 heavy (non-hydrogen) atoms. The van der Waals surface area contributed by atoms with Crippen molar-refractivity contribution in [3.8, 4) is 5.75 Å². The molecule has 0 saturated heterocycles. The Morgan fingerprint density at radius 2 is 2.04 bits per heavy atom. The van der Waals surface area contributed by atoms with E-state index in [1.807, 2.05) is 30.3 Å². The highest BCUT2D eigenvalue weighted by Gasteiger charge is 2.16. The van der Waals surface area contributed by atoms with Crippen LogP contribution in [0, 0.1) is 6.92 Å². The van der Waals surface area contributed by atoms with E-state index in [0.29, 0.717) is 24.6 Å². The smallest absolute Gasteiger partial charge is 0.247 e. The molecule has 0 saturated carbocycles. The Balaban J connectivity index is 1.64. The number of hydrogen-bond acceptors (Lipinski definition) is 5. The van der Waals surface area contributed by atoms with Gasteiger partial charge in [-0.25, -0.2) is 0 Å². The van der Waals surface area contributed by atoms with E-state index in [9.17, 15) is 9.59 Å². The van der Waals surface area contributed by atoms with Crippen molar-refractivity contribution >= 4 is 17.6 Å². The van der Waals surface area contributed by atoms with Gasteiger partial charge in [-0.15, -0.1) is 0 Å². The normalized spacial score (nSPS) is 11.6. The van der Waals surface area contributed by atoms with Crippen LogP contribution in [0.3, 0.4) is 0 Å². The summed E-state index contributed by atoms with van der Waals surface area (Å²) in [6.45, 7) is 3.78. The second-order valence-electron chi connectivity index (χ2n) is 5.37. The lowest BCUT2D eigenvalue weighted by Crippen LogP contribution is -2.41. The number of carbonyl (C=O) groups excluding carboxylic acids is 2. The number of carbonyl (C=O) groups is 2. The fourth-order valence-corrected chi connectivity index (χ4v) is 1.98. The summed E-state index contributed by atoms with van der Waals surface area (Å²) in [4.78, 5) is 23.8. The molecule has 1 atom stereocenters. The second kappa shape index (κ2) is 8.71. The van der Waals surface area contributed by atoms with E-state index in [1.54, 1.807) is 19.9 Å². The molecule has 1 aromatic carbocycles. The number of ether oxygens (including phenoxy) is 1. The van der Waals surface area contributed by atoms with Crippen molar-refractivity contribution < 1.29 is 18.8 Å². The van der Waals surface area contributed by atoms with Gasteiger partial charge in [-0.2, -0.15) is 0 Å². The van der Waals surface area contributed by atoms with Crippen molar-refractivity contribution in [3.05, 3.63) is 42.2 Å². The van der Waals surface area contributed by atoms with Gasteiger partial charge >= 0.3 is 0 Å². The lowest BCUT2D eigenvalue weighted by molar-refractivity contribution is -0.126. The van der Waals surface area contributed by atoms with Gasteiger partial charge in [0.2, 0.25) is 11.8 Å². The molecule has 0 aliphatic rings. The van der Waals surface area contributed by atoms with Crippen LogP contribution in [0.1, 0.15) is 25.5 Å². The van der Waals surface area contributed by atoms with E-state index in [0.717, 1.165) is 5.75 Å². The van der Waals surface area contributed by atoms with E-state index >= 15 is 0 Å². The molecule has 7 nitrogen and oxygen atoms in total. The standard InChI is InChI=1S/C17H21N3O4/c1-12-11-15(20-24-12)19-17(22)13(2)18-16(21)9-6-10-23-14-7-4-3-5-8-14/h3-5,7-8,11,13H,6,9-10H2,1-2H3,(H,18,21)(H,19,20,22)/t13-/m1/s1. The first kappa shape index (κ1) is 17.5. The van der Waals surface area contributed by atoms with E-state index in [2.05, 4.69) is 15.8 Å². The first-order chi connectivity index (χ1) is 11.5. The summed E-state index contributed by atoms with van der Waals surface area (Å²) in [5.74, 6) is 1.15. The van der Waals surface area contributed by atoms with Crippen molar-refractivity contribution in [3.63, 3.8) is 0 Å². The number of aryl methyl sites for hydroxylation is 1. The lowest BCUT2D eigenvalue weighted by atomic mass is 10.2. The molecule has 0 aliphatic heterocycles. The Hall–Kier alpha value is -2.83. The summed E-state index contributed by atoms with van der Waals surface area (Å²) >= 11 is 0. The largest absolute Gasteiger partial charge is 0.494 e. The molecule has 2 N–H and O–H groups in total. The summed E-state index contributed by atoms with van der Waals surface area (Å²) < 4.78 is 10.4. The minimum absolute atomic E-state index is 0.203. The number of nitrogens with zero attached hydrogens (tertiary/aromatic N) is 1. The monoisotopic (exact) mass is 331 g/mol. The highest BCUT2D eigenvalue weighted by molar-refractivity contribution is 5.96. The van der Waals surface area contributed by atoms with Crippen LogP contribution in [0.25, 0.3) is 0 Å². The molecule has 2 aromatic rings. The van der Waals surface area contributed by atoms with Crippen LogP contribution < -0.4 is 15.4 Å². The molecule has 0 fully saturated rings. The third kappa shape index (κ3) is 5.75. The quantitative estimate of drug-likeness (QED) is 0.724. The molecule has 2 amide bonds. The molecule has 0 aliphatic carbocycles. The highest BCUT2D eigenvalue weighted by Crippen LogP contribution is 2.09. The topological polar surface area (TPSA) is 93.5 Å². The van der Waals surface area contributed by atoms with E-state index in [4.69, 9.17) is 9.26 Å². The van der Waals surface area contributed by atoms with Gasteiger partial charge in [-0.3, -0.25) is 9.59 Å². The zero-order chi connectivity index (χ0) is 17.4. The fraction of sp³-hybridized carbons (Fsp3) is 0.353. The van der Waals surface area contributed by atoms with Gasteiger partial charge in [0.15, 0.2) is 5.82 Å². The van der Waals surface area contributed by atoms with Crippen LogP contribution >= 0.6 is 0 Å². The van der Waals surface area contributed by atoms with Gasteiger partial charge < -0.3 is 19.9 Å². The molecule has 1 heterocycles. The highest BCUT2D eigenvalue weighted by atomic mass is 16.5. The Labute approximate surface area is 140 Å². The maximum absolute atomic E-state index is 11.9. The van der Waals surface area contributed by atoms with Crippen molar-refractivity contribution in [1.29, 1.82) is 0 Å². The number of aromatic nitrogens is 1. The zero-order valence-electron chi connectivity index (χ0n) is 13.7. The molecule has 1 aromatic heterocycles. The van der Waals surface area contributed by atoms with Crippen LogP contribution in [0.4, 0.5) is 5.82 Å². The molecule has 0 radical (unpaired) electrons. The first-order valence-corrected chi connectivity index (χ1v) is 7.76. The minimum atomic E-state index is -0.662. The average molecular weight is 331 g/mol. The maximum Gasteiger partial charge on any atom is 0.247 e. The zero-order valence-corrected chi connectivity index (χ0v) is 13.7. The lowest BCUT2D eigenvalue weighted by Gasteiger charge is -2.13. The predicted molar refractivity (Wildman–Crippen MR) is 88.6 cm³/mol. The Morgan fingerprint density at radius 3 is 2.71 bits per heavy atom. The van der Waals surface area contributed by atoms with Crippen molar-refractivity contribution in [2.75, 3.05) is 11.9 Å². The van der Waals surface area contributed by atoms with Crippen molar-refractivity contribution in [2.45, 2.75) is 32.7 Å². The molecule has 128 valence electrons. The van der Waals surface area contributed by atoms with Crippen LogP contribution in [-0.4, -0.2) is 29.6 Å². The number of hydrogen-bond donors (Lipinski definition) is 2. The molecule has 0 unspecified atom stereocenters.